The second kappa shape index (κ2) is 10.3. The third-order valence-corrected chi connectivity index (χ3v) is 6.31. The van der Waals surface area contributed by atoms with Crippen molar-refractivity contribution >= 4 is 40.9 Å². The van der Waals surface area contributed by atoms with Crippen LogP contribution in [0.4, 0.5) is 0 Å². The molecule has 1 N–H and O–H groups in total. The molecule has 0 aliphatic heterocycles. The predicted molar refractivity (Wildman–Crippen MR) is 123 cm³/mol. The minimum atomic E-state index is -0.286. The van der Waals surface area contributed by atoms with Crippen LogP contribution < -0.4 is 5.32 Å². The molecule has 0 spiro atoms. The Morgan fingerprint density at radius 2 is 1.80 bits per heavy atom. The third-order valence-electron chi connectivity index (χ3n) is 4.69. The second-order valence-electron chi connectivity index (χ2n) is 7.18. The van der Waals surface area contributed by atoms with Crippen LogP contribution in [0.25, 0.3) is 0 Å². The molecule has 0 fully saturated rings. The number of nitrogens with zero attached hydrogens (tertiary/aromatic N) is 3. The van der Waals surface area contributed by atoms with Gasteiger partial charge in [0.1, 0.15) is 0 Å². The van der Waals surface area contributed by atoms with Crippen molar-refractivity contribution < 1.29 is 4.79 Å². The van der Waals surface area contributed by atoms with E-state index < -0.39 is 0 Å². The van der Waals surface area contributed by atoms with Crippen LogP contribution >= 0.6 is 35.0 Å². The molecule has 5 nitrogen and oxygen atoms in total. The summed E-state index contributed by atoms with van der Waals surface area (Å²) in [7, 11) is 0. The Kier molecular flexibility index (Phi) is 7.81. The molecule has 0 bridgehead atoms. The van der Waals surface area contributed by atoms with E-state index in [1.54, 1.807) is 36.0 Å². The minimum absolute atomic E-state index is 0.125. The van der Waals surface area contributed by atoms with Gasteiger partial charge in [-0.2, -0.15) is 0 Å². The third kappa shape index (κ3) is 5.36. The minimum Gasteiger partial charge on any atom is -0.342 e. The molecule has 158 valence electrons. The maximum Gasteiger partial charge on any atom is 0.253 e. The smallest absolute Gasteiger partial charge is 0.253 e. The van der Waals surface area contributed by atoms with Crippen LogP contribution in [-0.2, 0) is 12.3 Å². The second-order valence-corrected chi connectivity index (χ2v) is 8.96. The predicted octanol–water partition coefficient (Wildman–Crippen LogP) is 6.02. The first-order valence-electron chi connectivity index (χ1n) is 9.76. The molecule has 0 unspecified atom stereocenters. The number of carbonyl (C=O) groups is 1. The molecule has 0 saturated heterocycles. The van der Waals surface area contributed by atoms with E-state index in [1.165, 1.54) is 0 Å². The van der Waals surface area contributed by atoms with Crippen molar-refractivity contribution in [3.63, 3.8) is 0 Å². The van der Waals surface area contributed by atoms with Gasteiger partial charge in [0.25, 0.3) is 5.91 Å². The lowest BCUT2D eigenvalue weighted by atomic mass is 10.0. The highest BCUT2D eigenvalue weighted by Crippen LogP contribution is 2.28. The van der Waals surface area contributed by atoms with Crippen LogP contribution in [0.2, 0.25) is 10.0 Å². The maximum absolute atomic E-state index is 12.8. The monoisotopic (exact) mass is 462 g/mol. The molecule has 0 radical (unpaired) electrons. The van der Waals surface area contributed by atoms with E-state index in [0.717, 1.165) is 27.3 Å². The Balaban J connectivity index is 1.80. The Morgan fingerprint density at radius 1 is 1.10 bits per heavy atom. The van der Waals surface area contributed by atoms with E-state index >= 15 is 0 Å². The number of benzene rings is 2. The van der Waals surface area contributed by atoms with Crippen LogP contribution in [0.3, 0.4) is 0 Å². The summed E-state index contributed by atoms with van der Waals surface area (Å²) in [6.45, 7) is 6.85. The van der Waals surface area contributed by atoms with Crippen molar-refractivity contribution in [2.24, 2.45) is 5.92 Å². The van der Waals surface area contributed by atoms with Crippen LogP contribution in [0.5, 0.6) is 0 Å². The van der Waals surface area contributed by atoms with Gasteiger partial charge in [0.2, 0.25) is 0 Å². The van der Waals surface area contributed by atoms with Crippen LogP contribution in [0.15, 0.2) is 53.7 Å². The fourth-order valence-corrected chi connectivity index (χ4v) is 4.37. The van der Waals surface area contributed by atoms with Crippen molar-refractivity contribution in [1.29, 1.82) is 0 Å². The average molecular weight is 463 g/mol. The van der Waals surface area contributed by atoms with Gasteiger partial charge in [-0.3, -0.25) is 4.79 Å². The molecule has 1 atom stereocenters. The van der Waals surface area contributed by atoms with Gasteiger partial charge in [0, 0.05) is 17.3 Å². The number of hydrogen-bond donors (Lipinski definition) is 1. The highest BCUT2D eigenvalue weighted by atomic mass is 35.5. The molecule has 30 heavy (non-hydrogen) atoms. The van der Waals surface area contributed by atoms with Gasteiger partial charge in [0.15, 0.2) is 11.0 Å². The average Bonchev–Trinajstić information content (AvgIpc) is 3.14. The van der Waals surface area contributed by atoms with Crippen molar-refractivity contribution in [2.45, 2.75) is 44.3 Å². The number of rotatable bonds is 8. The quantitative estimate of drug-likeness (QED) is 0.415. The summed E-state index contributed by atoms with van der Waals surface area (Å²) in [4.78, 5) is 12.8. The molecule has 0 aliphatic rings. The van der Waals surface area contributed by atoms with E-state index in [1.807, 2.05) is 45.0 Å². The number of halogens is 2. The largest absolute Gasteiger partial charge is 0.342 e. The molecule has 1 aromatic heterocycles. The summed E-state index contributed by atoms with van der Waals surface area (Å²) in [6.07, 6.45) is 0. The summed E-state index contributed by atoms with van der Waals surface area (Å²) in [5, 5.41) is 13.9. The zero-order chi connectivity index (χ0) is 21.7. The molecular formula is C22H24Cl2N4OS. The van der Waals surface area contributed by atoms with E-state index in [9.17, 15) is 4.79 Å². The van der Waals surface area contributed by atoms with E-state index in [0.29, 0.717) is 17.1 Å². The first-order valence-corrected chi connectivity index (χ1v) is 11.5. The van der Waals surface area contributed by atoms with Gasteiger partial charge in [-0.05, 0) is 42.7 Å². The van der Waals surface area contributed by atoms with Crippen LogP contribution in [0, 0.1) is 5.92 Å². The van der Waals surface area contributed by atoms with Crippen LogP contribution in [0.1, 0.15) is 48.6 Å². The molecule has 8 heteroatoms. The standard InChI is InChI=1S/C22H24Cl2N4OS/c1-4-28-20(26-27-22(28)30-13-15-9-11-16(23)12-10-15)19(14(2)3)25-21(29)17-7-5-6-8-18(17)24/h5-12,14,19H,4,13H2,1-3H3,(H,25,29)/t19-/m1/s1. The Morgan fingerprint density at radius 3 is 2.43 bits per heavy atom. The molecule has 3 aromatic rings. The number of thioether (sulfide) groups is 1. The molecule has 0 aliphatic carbocycles. The van der Waals surface area contributed by atoms with Gasteiger partial charge in [-0.1, -0.05) is 73.1 Å². The number of amides is 1. The van der Waals surface area contributed by atoms with Crippen LogP contribution in [-0.4, -0.2) is 20.7 Å². The van der Waals surface area contributed by atoms with Crippen molar-refractivity contribution in [3.8, 4) is 0 Å². The van der Waals surface area contributed by atoms with Gasteiger partial charge in [-0.25, -0.2) is 0 Å². The van der Waals surface area contributed by atoms with E-state index in [2.05, 4.69) is 20.1 Å². The lowest BCUT2D eigenvalue weighted by Crippen LogP contribution is -2.34. The zero-order valence-electron chi connectivity index (χ0n) is 17.1. The molecule has 0 saturated carbocycles. The van der Waals surface area contributed by atoms with Crippen molar-refractivity contribution in [3.05, 3.63) is 75.5 Å². The SMILES string of the molecule is CCn1c(SCc2ccc(Cl)cc2)nnc1[C@H](NC(=O)c1ccccc1Cl)C(C)C. The zero-order valence-corrected chi connectivity index (χ0v) is 19.4. The summed E-state index contributed by atoms with van der Waals surface area (Å²) >= 11 is 13.8. The highest BCUT2D eigenvalue weighted by Gasteiger charge is 2.26. The molecular weight excluding hydrogens is 439 g/mol. The van der Waals surface area contributed by atoms with E-state index in [-0.39, 0.29) is 17.9 Å². The molecule has 2 aromatic carbocycles. The Labute approximate surface area is 191 Å². The topological polar surface area (TPSA) is 59.8 Å². The number of aromatic nitrogens is 3. The fraction of sp³-hybridized carbons (Fsp3) is 0.318. The molecule has 1 heterocycles. The number of carbonyl (C=O) groups excluding carboxylic acids is 1. The summed E-state index contributed by atoms with van der Waals surface area (Å²) in [5.74, 6) is 1.40. The van der Waals surface area contributed by atoms with Gasteiger partial charge in [-0.15, -0.1) is 10.2 Å². The first kappa shape index (κ1) is 22.7. The number of nitrogens with one attached hydrogen (secondary N) is 1. The van der Waals surface area contributed by atoms with Crippen molar-refractivity contribution in [1.82, 2.24) is 20.1 Å². The molecule has 3 rings (SSSR count). The van der Waals surface area contributed by atoms with Crippen molar-refractivity contribution in [2.75, 3.05) is 0 Å². The lowest BCUT2D eigenvalue weighted by molar-refractivity contribution is 0.0922. The normalized spacial score (nSPS) is 12.2. The number of hydrogen-bond acceptors (Lipinski definition) is 4. The lowest BCUT2D eigenvalue weighted by Gasteiger charge is -2.22. The van der Waals surface area contributed by atoms with Gasteiger partial charge < -0.3 is 9.88 Å². The van der Waals surface area contributed by atoms with E-state index in [4.69, 9.17) is 23.2 Å². The fourth-order valence-electron chi connectivity index (χ4n) is 3.06. The maximum atomic E-state index is 12.8. The Hall–Kier alpha value is -2.02. The summed E-state index contributed by atoms with van der Waals surface area (Å²) in [6, 6.07) is 14.5. The Bertz CT molecular complexity index is 1000. The van der Waals surface area contributed by atoms with Gasteiger partial charge in [0.05, 0.1) is 16.6 Å². The molecule has 1 amide bonds. The first-order chi connectivity index (χ1) is 14.4. The van der Waals surface area contributed by atoms with Gasteiger partial charge >= 0.3 is 0 Å². The highest BCUT2D eigenvalue weighted by molar-refractivity contribution is 7.98. The summed E-state index contributed by atoms with van der Waals surface area (Å²) < 4.78 is 2.05. The summed E-state index contributed by atoms with van der Waals surface area (Å²) in [5.41, 5.74) is 1.61.